The van der Waals surface area contributed by atoms with Gasteiger partial charge in [0.2, 0.25) is 11.8 Å². The molecule has 2 unspecified atom stereocenters. The number of carbonyl (C=O) groups excluding carboxylic acids is 2. The highest BCUT2D eigenvalue weighted by Gasteiger charge is 2.41. The van der Waals surface area contributed by atoms with Crippen molar-refractivity contribution in [1.29, 1.82) is 0 Å². The predicted molar refractivity (Wildman–Crippen MR) is 99.0 cm³/mol. The molecule has 1 fully saturated rings. The van der Waals surface area contributed by atoms with Crippen molar-refractivity contribution in [1.82, 2.24) is 4.90 Å². The summed E-state index contributed by atoms with van der Waals surface area (Å²) in [6.07, 6.45) is 0.259. The highest BCUT2D eigenvalue weighted by atomic mass is 32.2. The smallest absolute Gasteiger partial charge is 0.307 e. The Kier molecular flexibility index (Phi) is 5.33. The summed E-state index contributed by atoms with van der Waals surface area (Å²) in [6.45, 7) is 2.24. The number of ether oxygens (including phenoxy) is 1. The molecule has 10 heteroatoms. The van der Waals surface area contributed by atoms with Crippen molar-refractivity contribution in [2.75, 3.05) is 24.2 Å². The number of likely N-dealkylation sites (N-methyl/N-ethyl adjacent to an activating group) is 1. The number of carbonyl (C=O) groups is 3. The van der Waals surface area contributed by atoms with Crippen molar-refractivity contribution >= 4 is 33.3 Å². The number of fused-ring (bicyclic) bond motifs is 1. The van der Waals surface area contributed by atoms with E-state index in [1.807, 2.05) is 6.92 Å². The van der Waals surface area contributed by atoms with E-state index in [-0.39, 0.29) is 42.5 Å². The maximum atomic E-state index is 12.1. The summed E-state index contributed by atoms with van der Waals surface area (Å²) in [7, 11) is -3.45. The summed E-state index contributed by atoms with van der Waals surface area (Å²) in [5, 5.41) is 9.28. The van der Waals surface area contributed by atoms with Gasteiger partial charge >= 0.3 is 5.97 Å². The molecule has 2 atom stereocenters. The van der Waals surface area contributed by atoms with E-state index in [0.29, 0.717) is 18.0 Å². The number of hydrogen-bond acceptors (Lipinski definition) is 7. The standard InChI is InChI=1S/C18H22N2O7S/c1-3-19-12-8-11(28(2,25)26)4-5-14(12)27-15(9-18(23)24)13(19)10-20-16(21)6-7-17(20)22/h4-5,8,13,15H,3,6-7,9-10H2,1-2H3,(H,23,24). The van der Waals surface area contributed by atoms with E-state index in [0.717, 1.165) is 11.2 Å². The largest absolute Gasteiger partial charge is 0.485 e. The molecular weight excluding hydrogens is 388 g/mol. The van der Waals surface area contributed by atoms with Crippen molar-refractivity contribution in [2.45, 2.75) is 43.2 Å². The molecule has 1 aromatic rings. The summed E-state index contributed by atoms with van der Waals surface area (Å²) < 4.78 is 29.7. The fraction of sp³-hybridized carbons (Fsp3) is 0.500. The van der Waals surface area contributed by atoms with Crippen LogP contribution in [0.2, 0.25) is 0 Å². The van der Waals surface area contributed by atoms with Crippen LogP contribution in [0.4, 0.5) is 5.69 Å². The molecule has 2 aliphatic heterocycles. The van der Waals surface area contributed by atoms with E-state index in [1.54, 1.807) is 4.90 Å². The highest BCUT2D eigenvalue weighted by Crippen LogP contribution is 2.39. The SMILES string of the molecule is CCN1c2cc(S(C)(=O)=O)ccc2OC(CC(=O)O)C1CN1C(=O)CCC1=O. The summed E-state index contributed by atoms with van der Waals surface area (Å²) in [4.78, 5) is 38.5. The van der Waals surface area contributed by atoms with Gasteiger partial charge in [0.05, 0.1) is 29.6 Å². The lowest BCUT2D eigenvalue weighted by atomic mass is 10.0. The predicted octanol–water partition coefficient (Wildman–Crippen LogP) is 0.670. The van der Waals surface area contributed by atoms with Gasteiger partial charge in [-0.15, -0.1) is 0 Å². The van der Waals surface area contributed by atoms with Gasteiger partial charge in [-0.2, -0.15) is 0 Å². The van der Waals surface area contributed by atoms with E-state index in [4.69, 9.17) is 4.74 Å². The zero-order chi connectivity index (χ0) is 20.6. The third kappa shape index (κ3) is 3.82. The van der Waals surface area contributed by atoms with E-state index < -0.39 is 28.0 Å². The Morgan fingerprint density at radius 2 is 1.89 bits per heavy atom. The zero-order valence-corrected chi connectivity index (χ0v) is 16.4. The molecule has 9 nitrogen and oxygen atoms in total. The van der Waals surface area contributed by atoms with Crippen LogP contribution in [0.3, 0.4) is 0 Å². The number of carboxylic acids is 1. The van der Waals surface area contributed by atoms with Gasteiger partial charge in [0.25, 0.3) is 0 Å². The molecule has 152 valence electrons. The van der Waals surface area contributed by atoms with Gasteiger partial charge in [0, 0.05) is 25.6 Å². The average Bonchev–Trinajstić information content (AvgIpc) is 2.92. The quantitative estimate of drug-likeness (QED) is 0.679. The summed E-state index contributed by atoms with van der Waals surface area (Å²) >= 11 is 0. The van der Waals surface area contributed by atoms with Crippen molar-refractivity contribution < 1.29 is 32.6 Å². The number of hydrogen-bond donors (Lipinski definition) is 1. The molecule has 3 rings (SSSR count). The van der Waals surface area contributed by atoms with Crippen LogP contribution in [0.15, 0.2) is 23.1 Å². The number of sulfone groups is 1. The van der Waals surface area contributed by atoms with E-state index in [2.05, 4.69) is 0 Å². The van der Waals surface area contributed by atoms with Crippen LogP contribution >= 0.6 is 0 Å². The fourth-order valence-electron chi connectivity index (χ4n) is 3.66. The number of carboxylic acid groups (broad SMARTS) is 1. The molecule has 1 aromatic carbocycles. The van der Waals surface area contributed by atoms with Crippen molar-refractivity contribution in [2.24, 2.45) is 0 Å². The normalized spacial score (nSPS) is 22.2. The minimum Gasteiger partial charge on any atom is -0.485 e. The minimum absolute atomic E-state index is 0.00794. The molecule has 0 bridgehead atoms. The second-order valence-electron chi connectivity index (χ2n) is 6.91. The Labute approximate surface area is 162 Å². The molecule has 28 heavy (non-hydrogen) atoms. The van der Waals surface area contributed by atoms with Crippen LogP contribution in [0, 0.1) is 0 Å². The first kappa shape index (κ1) is 20.1. The molecule has 2 heterocycles. The molecule has 0 spiro atoms. The van der Waals surface area contributed by atoms with Gasteiger partial charge in [-0.05, 0) is 25.1 Å². The molecule has 0 aromatic heterocycles. The van der Waals surface area contributed by atoms with Crippen molar-refractivity contribution in [3.8, 4) is 5.75 Å². The molecule has 0 saturated carbocycles. The molecule has 0 aliphatic carbocycles. The summed E-state index contributed by atoms with van der Waals surface area (Å²) in [5.41, 5.74) is 0.496. The number of anilines is 1. The van der Waals surface area contributed by atoms with Gasteiger partial charge in [-0.25, -0.2) is 8.42 Å². The lowest BCUT2D eigenvalue weighted by molar-refractivity contribution is -0.139. The van der Waals surface area contributed by atoms with Crippen LogP contribution in [-0.2, 0) is 24.2 Å². The van der Waals surface area contributed by atoms with Gasteiger partial charge < -0.3 is 14.7 Å². The molecule has 2 aliphatic rings. The third-order valence-electron chi connectivity index (χ3n) is 5.02. The second-order valence-corrected chi connectivity index (χ2v) is 8.92. The number of aliphatic carboxylic acids is 1. The van der Waals surface area contributed by atoms with Crippen LogP contribution in [-0.4, -0.2) is 67.7 Å². The lowest BCUT2D eigenvalue weighted by Gasteiger charge is -2.44. The Bertz CT molecular complexity index is 912. The van der Waals surface area contributed by atoms with Crippen LogP contribution in [0.1, 0.15) is 26.2 Å². The van der Waals surface area contributed by atoms with Gasteiger partial charge in [0.1, 0.15) is 11.9 Å². The Morgan fingerprint density at radius 3 is 2.43 bits per heavy atom. The van der Waals surface area contributed by atoms with E-state index >= 15 is 0 Å². The number of imide groups is 1. The zero-order valence-electron chi connectivity index (χ0n) is 15.6. The molecule has 2 amide bonds. The monoisotopic (exact) mass is 410 g/mol. The van der Waals surface area contributed by atoms with Crippen LogP contribution in [0.5, 0.6) is 5.75 Å². The van der Waals surface area contributed by atoms with Gasteiger partial charge in [0.15, 0.2) is 9.84 Å². The maximum Gasteiger partial charge on any atom is 0.307 e. The first-order valence-corrected chi connectivity index (χ1v) is 10.8. The Hall–Kier alpha value is -2.62. The first-order chi connectivity index (χ1) is 13.1. The minimum atomic E-state index is -3.45. The van der Waals surface area contributed by atoms with Gasteiger partial charge in [-0.3, -0.25) is 19.3 Å². The number of rotatable bonds is 6. The third-order valence-corrected chi connectivity index (χ3v) is 6.13. The van der Waals surface area contributed by atoms with E-state index in [1.165, 1.54) is 18.2 Å². The maximum absolute atomic E-state index is 12.1. The van der Waals surface area contributed by atoms with Crippen molar-refractivity contribution in [3.63, 3.8) is 0 Å². The number of amides is 2. The average molecular weight is 410 g/mol. The first-order valence-electron chi connectivity index (χ1n) is 8.94. The summed E-state index contributed by atoms with van der Waals surface area (Å²) in [5.74, 6) is -1.30. The lowest BCUT2D eigenvalue weighted by Crippen LogP contribution is -2.56. The number of benzene rings is 1. The van der Waals surface area contributed by atoms with Crippen LogP contribution in [0.25, 0.3) is 0 Å². The summed E-state index contributed by atoms with van der Waals surface area (Å²) in [6, 6.07) is 3.79. The van der Waals surface area contributed by atoms with Gasteiger partial charge in [-0.1, -0.05) is 0 Å². The number of nitrogens with zero attached hydrogens (tertiary/aromatic N) is 2. The molecular formula is C18H22N2O7S. The molecule has 1 N–H and O–H groups in total. The second kappa shape index (κ2) is 7.42. The van der Waals surface area contributed by atoms with Crippen LogP contribution < -0.4 is 9.64 Å². The fourth-order valence-corrected chi connectivity index (χ4v) is 4.30. The Balaban J connectivity index is 2.03. The van der Waals surface area contributed by atoms with E-state index in [9.17, 15) is 27.9 Å². The number of likely N-dealkylation sites (tertiary alicyclic amines) is 1. The molecule has 0 radical (unpaired) electrons. The molecule has 1 saturated heterocycles. The van der Waals surface area contributed by atoms with Crippen molar-refractivity contribution in [3.05, 3.63) is 18.2 Å². The topological polar surface area (TPSA) is 121 Å². The Morgan fingerprint density at radius 1 is 1.25 bits per heavy atom. The highest BCUT2D eigenvalue weighted by molar-refractivity contribution is 7.90.